The molecule has 1 fully saturated rings. The van der Waals surface area contributed by atoms with Gasteiger partial charge in [0.05, 0.1) is 23.9 Å². The van der Waals surface area contributed by atoms with Gasteiger partial charge in [0.1, 0.15) is 18.1 Å². The lowest BCUT2D eigenvalue weighted by Gasteiger charge is -2.22. The molecule has 136 valence electrons. The first-order chi connectivity index (χ1) is 12.5. The van der Waals surface area contributed by atoms with Crippen molar-refractivity contribution in [1.82, 2.24) is 14.5 Å². The molecule has 6 nitrogen and oxygen atoms in total. The summed E-state index contributed by atoms with van der Waals surface area (Å²) >= 11 is 6.01. The average Bonchev–Trinajstić information content (AvgIpc) is 3.18. The van der Waals surface area contributed by atoms with Crippen LogP contribution in [-0.4, -0.2) is 42.1 Å². The number of aliphatic hydroxyl groups excluding tert-OH is 3. The fraction of sp³-hybridized carbons (Fsp3) is 0.368. The second-order valence-corrected chi connectivity index (χ2v) is 7.30. The van der Waals surface area contributed by atoms with E-state index in [9.17, 15) is 15.3 Å². The van der Waals surface area contributed by atoms with Crippen molar-refractivity contribution in [3.05, 3.63) is 59.1 Å². The van der Waals surface area contributed by atoms with Crippen LogP contribution in [0.1, 0.15) is 29.8 Å². The van der Waals surface area contributed by atoms with E-state index in [4.69, 9.17) is 11.6 Å². The van der Waals surface area contributed by atoms with Crippen LogP contribution < -0.4 is 0 Å². The summed E-state index contributed by atoms with van der Waals surface area (Å²) in [5.41, 5.74) is 2.20. The lowest BCUT2D eigenvalue weighted by molar-refractivity contribution is -0.0264. The first-order valence-corrected chi connectivity index (χ1v) is 8.93. The molecule has 1 aliphatic carbocycles. The van der Waals surface area contributed by atoms with Crippen molar-refractivity contribution in [3.63, 3.8) is 0 Å². The zero-order valence-electron chi connectivity index (χ0n) is 14.2. The molecule has 5 atom stereocenters. The fourth-order valence-corrected chi connectivity index (χ4v) is 4.13. The molecule has 1 aliphatic rings. The number of nitrogens with zero attached hydrogens (tertiary/aromatic N) is 3. The summed E-state index contributed by atoms with van der Waals surface area (Å²) in [6, 6.07) is 8.47. The molecule has 0 radical (unpaired) electrons. The monoisotopic (exact) mass is 373 g/mol. The van der Waals surface area contributed by atoms with Crippen molar-refractivity contribution in [2.45, 2.75) is 37.7 Å². The predicted octanol–water partition coefficient (Wildman–Crippen LogP) is 2.41. The van der Waals surface area contributed by atoms with E-state index in [2.05, 4.69) is 9.97 Å². The van der Waals surface area contributed by atoms with Crippen LogP contribution in [0.15, 0.2) is 42.9 Å². The molecule has 0 amide bonds. The zero-order chi connectivity index (χ0) is 18.4. The minimum Gasteiger partial charge on any atom is -0.390 e. The Morgan fingerprint density at radius 2 is 2.00 bits per heavy atom. The third-order valence-corrected chi connectivity index (χ3v) is 5.59. The topological polar surface area (TPSA) is 91.4 Å². The van der Waals surface area contributed by atoms with Crippen LogP contribution in [0.25, 0.3) is 11.0 Å². The van der Waals surface area contributed by atoms with Gasteiger partial charge in [-0.2, -0.15) is 0 Å². The van der Waals surface area contributed by atoms with Gasteiger partial charge in [0.2, 0.25) is 0 Å². The lowest BCUT2D eigenvalue weighted by atomic mass is 9.92. The normalized spacial score (nSPS) is 27.1. The minimum atomic E-state index is -1.05. The summed E-state index contributed by atoms with van der Waals surface area (Å²) in [6.45, 7) is 1.90. The Labute approximate surface area is 155 Å². The molecule has 1 saturated carbocycles. The number of aliphatic hydroxyl groups is 3. The number of fused-ring (bicyclic) bond motifs is 1. The number of benzene rings is 1. The van der Waals surface area contributed by atoms with Crippen LogP contribution in [0.4, 0.5) is 0 Å². The molecule has 3 N–H and O–H groups in total. The van der Waals surface area contributed by atoms with Gasteiger partial charge in [-0.1, -0.05) is 23.7 Å². The average molecular weight is 374 g/mol. The minimum absolute atomic E-state index is 0.379. The number of halogens is 1. The van der Waals surface area contributed by atoms with E-state index in [0.29, 0.717) is 22.7 Å². The van der Waals surface area contributed by atoms with E-state index < -0.39 is 24.2 Å². The Hall–Kier alpha value is -1.99. The Balaban J connectivity index is 1.66. The molecule has 2 aromatic heterocycles. The van der Waals surface area contributed by atoms with Crippen LogP contribution in [0.5, 0.6) is 0 Å². The van der Waals surface area contributed by atoms with Gasteiger partial charge < -0.3 is 19.9 Å². The summed E-state index contributed by atoms with van der Waals surface area (Å²) < 4.78 is 1.86. The first kappa shape index (κ1) is 17.4. The summed E-state index contributed by atoms with van der Waals surface area (Å²) in [5, 5.41) is 33.4. The summed E-state index contributed by atoms with van der Waals surface area (Å²) in [4.78, 5) is 8.51. The van der Waals surface area contributed by atoms with Crippen LogP contribution in [0.3, 0.4) is 0 Å². The first-order valence-electron chi connectivity index (χ1n) is 8.55. The van der Waals surface area contributed by atoms with E-state index in [1.807, 2.05) is 23.8 Å². The maximum Gasteiger partial charge on any atom is 0.143 e. The van der Waals surface area contributed by atoms with E-state index in [1.165, 1.54) is 6.33 Å². The number of hydrogen-bond donors (Lipinski definition) is 3. The largest absolute Gasteiger partial charge is 0.390 e. The molecule has 0 saturated heterocycles. The van der Waals surface area contributed by atoms with Crippen molar-refractivity contribution in [2.75, 3.05) is 0 Å². The Morgan fingerprint density at radius 3 is 2.77 bits per heavy atom. The SMILES string of the molecule is Cc1ncnc2c1ccn2[C@@H]1C[C@H]([C@H](O)c2cccc(Cl)c2)[C@@H](O)[C@H]1O. The Bertz CT molecular complexity index is 945. The molecule has 0 unspecified atom stereocenters. The van der Waals surface area contributed by atoms with Gasteiger partial charge in [-0.3, -0.25) is 0 Å². The highest BCUT2D eigenvalue weighted by Gasteiger charge is 2.46. The van der Waals surface area contributed by atoms with Gasteiger partial charge in [0.25, 0.3) is 0 Å². The second kappa shape index (κ2) is 6.63. The van der Waals surface area contributed by atoms with E-state index in [0.717, 1.165) is 11.1 Å². The lowest BCUT2D eigenvalue weighted by Crippen LogP contribution is -2.31. The molecule has 26 heavy (non-hydrogen) atoms. The number of aryl methyl sites for hydroxylation is 1. The summed E-state index contributed by atoms with van der Waals surface area (Å²) in [5.74, 6) is -0.506. The molecule has 7 heteroatoms. The highest BCUT2D eigenvalue weighted by molar-refractivity contribution is 6.30. The third-order valence-electron chi connectivity index (χ3n) is 5.36. The number of hydrogen-bond acceptors (Lipinski definition) is 5. The summed E-state index contributed by atoms with van der Waals surface area (Å²) in [7, 11) is 0. The number of aromatic nitrogens is 3. The maximum absolute atomic E-state index is 10.7. The van der Waals surface area contributed by atoms with Crippen molar-refractivity contribution < 1.29 is 15.3 Å². The van der Waals surface area contributed by atoms with Crippen LogP contribution in [0, 0.1) is 12.8 Å². The van der Waals surface area contributed by atoms with Gasteiger partial charge >= 0.3 is 0 Å². The van der Waals surface area contributed by atoms with Crippen LogP contribution in [0.2, 0.25) is 5.02 Å². The van der Waals surface area contributed by atoms with Gasteiger partial charge in [-0.15, -0.1) is 0 Å². The Kier molecular flexibility index (Phi) is 4.44. The van der Waals surface area contributed by atoms with E-state index in [-0.39, 0.29) is 6.04 Å². The molecule has 2 heterocycles. The quantitative estimate of drug-likeness (QED) is 0.655. The zero-order valence-corrected chi connectivity index (χ0v) is 15.0. The molecule has 0 bridgehead atoms. The van der Waals surface area contributed by atoms with Crippen LogP contribution in [-0.2, 0) is 0 Å². The standard InChI is InChI=1S/C19H20ClN3O3/c1-10-13-5-6-23(19(13)22-9-21-10)15-8-14(17(25)18(15)26)16(24)11-3-2-4-12(20)7-11/h2-7,9,14-18,24-26H,8H2,1H3/t14-,15-,16-,17-,18+/m1/s1. The third kappa shape index (κ3) is 2.79. The summed E-state index contributed by atoms with van der Waals surface area (Å²) in [6.07, 6.45) is 0.796. The molecular formula is C19H20ClN3O3. The van der Waals surface area contributed by atoms with Gasteiger partial charge in [0, 0.05) is 22.5 Å². The van der Waals surface area contributed by atoms with E-state index in [1.54, 1.807) is 24.3 Å². The smallest absolute Gasteiger partial charge is 0.143 e. The van der Waals surface area contributed by atoms with Crippen molar-refractivity contribution >= 4 is 22.6 Å². The van der Waals surface area contributed by atoms with Gasteiger partial charge in [-0.05, 0) is 37.1 Å². The Morgan fingerprint density at radius 1 is 1.19 bits per heavy atom. The molecule has 3 aromatic rings. The molecular weight excluding hydrogens is 354 g/mol. The molecule has 0 spiro atoms. The number of rotatable bonds is 3. The molecule has 1 aromatic carbocycles. The van der Waals surface area contributed by atoms with E-state index >= 15 is 0 Å². The highest BCUT2D eigenvalue weighted by Crippen LogP contribution is 2.43. The van der Waals surface area contributed by atoms with Gasteiger partial charge in [-0.25, -0.2) is 9.97 Å². The van der Waals surface area contributed by atoms with Gasteiger partial charge in [0.15, 0.2) is 0 Å². The maximum atomic E-state index is 10.7. The molecule has 0 aliphatic heterocycles. The molecule has 4 rings (SSSR count). The predicted molar refractivity (Wildman–Crippen MR) is 97.8 cm³/mol. The van der Waals surface area contributed by atoms with Crippen molar-refractivity contribution in [1.29, 1.82) is 0 Å². The van der Waals surface area contributed by atoms with Crippen molar-refractivity contribution in [3.8, 4) is 0 Å². The second-order valence-electron chi connectivity index (χ2n) is 6.87. The van der Waals surface area contributed by atoms with Crippen molar-refractivity contribution in [2.24, 2.45) is 5.92 Å². The fourth-order valence-electron chi connectivity index (χ4n) is 3.94. The highest BCUT2D eigenvalue weighted by atomic mass is 35.5. The van der Waals surface area contributed by atoms with Crippen LogP contribution >= 0.6 is 11.6 Å².